The molecule has 2 aromatic rings. The van der Waals surface area contributed by atoms with Crippen molar-refractivity contribution in [3.63, 3.8) is 0 Å². The molecule has 2 N–H and O–H groups in total. The standard InChI is InChI=1S/C14H12Cl2N2O2S/c15-7-13(19)18-12-4-3-9(16)6-11(12)14(20)17-8-10-2-1-5-21-10/h1-6H,7-8H2,(H,17,20)(H,18,19). The molecule has 2 rings (SSSR count). The van der Waals surface area contributed by atoms with Gasteiger partial charge in [0.1, 0.15) is 5.88 Å². The normalized spacial score (nSPS) is 10.2. The van der Waals surface area contributed by atoms with E-state index >= 15 is 0 Å². The van der Waals surface area contributed by atoms with Crippen LogP contribution in [0.3, 0.4) is 0 Å². The number of carbonyl (C=O) groups is 2. The van der Waals surface area contributed by atoms with Crippen LogP contribution in [0.5, 0.6) is 0 Å². The van der Waals surface area contributed by atoms with Gasteiger partial charge in [0, 0.05) is 9.90 Å². The fourth-order valence-electron chi connectivity index (χ4n) is 1.67. The second-order valence-electron chi connectivity index (χ2n) is 4.13. The molecule has 0 saturated heterocycles. The van der Waals surface area contributed by atoms with Crippen molar-refractivity contribution in [3.05, 3.63) is 51.2 Å². The predicted molar refractivity (Wildman–Crippen MR) is 86.3 cm³/mol. The third-order valence-electron chi connectivity index (χ3n) is 2.62. The minimum atomic E-state index is -0.383. The fraction of sp³-hybridized carbons (Fsp3) is 0.143. The van der Waals surface area contributed by atoms with Crippen molar-refractivity contribution >= 4 is 52.0 Å². The number of hydrogen-bond acceptors (Lipinski definition) is 3. The summed E-state index contributed by atoms with van der Waals surface area (Å²) in [6, 6.07) is 8.53. The van der Waals surface area contributed by atoms with Gasteiger partial charge in [0.2, 0.25) is 5.91 Å². The number of halogens is 2. The molecular weight excluding hydrogens is 331 g/mol. The molecule has 1 aromatic heterocycles. The fourth-order valence-corrected chi connectivity index (χ4v) is 2.56. The maximum Gasteiger partial charge on any atom is 0.253 e. The maximum absolute atomic E-state index is 12.2. The van der Waals surface area contributed by atoms with Gasteiger partial charge >= 0.3 is 0 Å². The van der Waals surface area contributed by atoms with Crippen LogP contribution in [0.15, 0.2) is 35.7 Å². The average molecular weight is 343 g/mol. The van der Waals surface area contributed by atoms with Crippen LogP contribution in [0.2, 0.25) is 5.02 Å². The zero-order valence-corrected chi connectivity index (χ0v) is 13.2. The quantitative estimate of drug-likeness (QED) is 0.817. The second-order valence-corrected chi connectivity index (χ2v) is 5.87. The highest BCUT2D eigenvalue weighted by Gasteiger charge is 2.14. The molecular formula is C14H12Cl2N2O2S. The summed E-state index contributed by atoms with van der Waals surface area (Å²) in [6.07, 6.45) is 0. The second kappa shape index (κ2) is 7.45. The number of thiophene rings is 1. The molecule has 0 aliphatic carbocycles. The Labute approximate surface area is 136 Å². The Morgan fingerprint density at radius 3 is 2.71 bits per heavy atom. The van der Waals surface area contributed by atoms with Crippen LogP contribution in [-0.2, 0) is 11.3 Å². The van der Waals surface area contributed by atoms with Crippen molar-refractivity contribution in [1.82, 2.24) is 5.32 Å². The highest BCUT2D eigenvalue weighted by molar-refractivity contribution is 7.09. The van der Waals surface area contributed by atoms with Gasteiger partial charge in [-0.1, -0.05) is 17.7 Å². The number of amides is 2. The molecule has 0 unspecified atom stereocenters. The van der Waals surface area contributed by atoms with Crippen LogP contribution >= 0.6 is 34.5 Å². The Bertz CT molecular complexity index is 644. The van der Waals surface area contributed by atoms with Crippen molar-refractivity contribution in [3.8, 4) is 0 Å². The van der Waals surface area contributed by atoms with Gasteiger partial charge in [0.15, 0.2) is 0 Å². The summed E-state index contributed by atoms with van der Waals surface area (Å²) < 4.78 is 0. The smallest absolute Gasteiger partial charge is 0.253 e. The lowest BCUT2D eigenvalue weighted by Gasteiger charge is -2.11. The molecule has 4 nitrogen and oxygen atoms in total. The monoisotopic (exact) mass is 342 g/mol. The van der Waals surface area contributed by atoms with E-state index in [-0.39, 0.29) is 17.7 Å². The molecule has 2 amide bonds. The van der Waals surface area contributed by atoms with Gasteiger partial charge in [-0.3, -0.25) is 9.59 Å². The first-order valence-corrected chi connectivity index (χ1v) is 7.85. The lowest BCUT2D eigenvalue weighted by molar-refractivity contribution is -0.113. The molecule has 7 heteroatoms. The Morgan fingerprint density at radius 1 is 1.24 bits per heavy atom. The maximum atomic E-state index is 12.2. The van der Waals surface area contributed by atoms with Crippen molar-refractivity contribution in [2.75, 3.05) is 11.2 Å². The van der Waals surface area contributed by atoms with E-state index in [4.69, 9.17) is 23.2 Å². The van der Waals surface area contributed by atoms with E-state index in [1.54, 1.807) is 23.5 Å². The third kappa shape index (κ3) is 4.46. The minimum Gasteiger partial charge on any atom is -0.347 e. The first-order chi connectivity index (χ1) is 10.1. The van der Waals surface area contributed by atoms with Gasteiger partial charge < -0.3 is 10.6 Å². The van der Waals surface area contributed by atoms with Crippen LogP contribution in [0.25, 0.3) is 0 Å². The summed E-state index contributed by atoms with van der Waals surface area (Å²) in [5.41, 5.74) is 0.686. The number of alkyl halides is 1. The predicted octanol–water partition coefficient (Wildman–Crippen LogP) is 3.51. The SMILES string of the molecule is O=C(CCl)Nc1ccc(Cl)cc1C(=O)NCc1cccs1. The molecule has 0 bridgehead atoms. The first-order valence-electron chi connectivity index (χ1n) is 6.06. The Morgan fingerprint density at radius 2 is 2.05 bits per heavy atom. The van der Waals surface area contributed by atoms with Crippen molar-refractivity contribution in [1.29, 1.82) is 0 Å². The number of carbonyl (C=O) groups excluding carboxylic acids is 2. The lowest BCUT2D eigenvalue weighted by atomic mass is 10.1. The van der Waals surface area contributed by atoms with Crippen LogP contribution in [-0.4, -0.2) is 17.7 Å². The molecule has 0 saturated carbocycles. The Kier molecular flexibility index (Phi) is 5.61. The van der Waals surface area contributed by atoms with Crippen molar-refractivity contribution < 1.29 is 9.59 Å². The van der Waals surface area contributed by atoms with Gasteiger partial charge in [-0.15, -0.1) is 22.9 Å². The molecule has 0 aliphatic heterocycles. The largest absolute Gasteiger partial charge is 0.347 e. The average Bonchev–Trinajstić information content (AvgIpc) is 2.99. The van der Waals surface area contributed by atoms with E-state index < -0.39 is 0 Å². The molecule has 0 aliphatic rings. The summed E-state index contributed by atoms with van der Waals surface area (Å²) >= 11 is 12.9. The molecule has 110 valence electrons. The molecule has 1 heterocycles. The molecule has 1 aromatic carbocycles. The topological polar surface area (TPSA) is 58.2 Å². The van der Waals surface area contributed by atoms with E-state index in [1.807, 2.05) is 17.5 Å². The van der Waals surface area contributed by atoms with E-state index in [1.165, 1.54) is 6.07 Å². The Balaban J connectivity index is 2.14. The van der Waals surface area contributed by atoms with E-state index in [0.717, 1.165) is 4.88 Å². The van der Waals surface area contributed by atoms with Gasteiger partial charge in [-0.25, -0.2) is 0 Å². The van der Waals surface area contributed by atoms with Crippen LogP contribution < -0.4 is 10.6 Å². The van der Waals surface area contributed by atoms with Crippen LogP contribution in [0.4, 0.5) is 5.69 Å². The van der Waals surface area contributed by atoms with E-state index in [9.17, 15) is 9.59 Å². The molecule has 0 fully saturated rings. The summed E-state index contributed by atoms with van der Waals surface area (Å²) in [7, 11) is 0. The van der Waals surface area contributed by atoms with Gasteiger partial charge in [0.05, 0.1) is 17.8 Å². The zero-order chi connectivity index (χ0) is 15.2. The number of nitrogens with one attached hydrogen (secondary N) is 2. The summed E-state index contributed by atoms with van der Waals surface area (Å²) in [6.45, 7) is 0.423. The van der Waals surface area contributed by atoms with Crippen LogP contribution in [0, 0.1) is 0 Å². The van der Waals surface area contributed by atoms with Gasteiger partial charge in [0.25, 0.3) is 5.91 Å². The molecule has 21 heavy (non-hydrogen) atoms. The summed E-state index contributed by atoms with van der Waals surface area (Å²) in [5, 5.41) is 7.72. The lowest BCUT2D eigenvalue weighted by Crippen LogP contribution is -2.24. The number of hydrogen-bond donors (Lipinski definition) is 2. The van der Waals surface area contributed by atoms with Crippen molar-refractivity contribution in [2.45, 2.75) is 6.54 Å². The molecule has 0 atom stereocenters. The zero-order valence-electron chi connectivity index (χ0n) is 10.9. The first kappa shape index (κ1) is 15.8. The summed E-state index contributed by atoms with van der Waals surface area (Å²) in [4.78, 5) is 24.7. The number of benzene rings is 1. The van der Waals surface area contributed by atoms with Crippen LogP contribution in [0.1, 0.15) is 15.2 Å². The van der Waals surface area contributed by atoms with Gasteiger partial charge in [-0.05, 0) is 29.6 Å². The summed E-state index contributed by atoms with van der Waals surface area (Å²) in [5.74, 6) is -0.874. The van der Waals surface area contributed by atoms with E-state index in [0.29, 0.717) is 22.8 Å². The number of anilines is 1. The Hall–Kier alpha value is -1.56. The molecule has 0 radical (unpaired) electrons. The third-order valence-corrected chi connectivity index (χ3v) is 3.98. The van der Waals surface area contributed by atoms with Gasteiger partial charge in [-0.2, -0.15) is 0 Å². The molecule has 0 spiro atoms. The number of rotatable bonds is 5. The van der Waals surface area contributed by atoms with Crippen molar-refractivity contribution in [2.24, 2.45) is 0 Å². The highest BCUT2D eigenvalue weighted by Crippen LogP contribution is 2.21. The minimum absolute atomic E-state index is 0.182. The van der Waals surface area contributed by atoms with E-state index in [2.05, 4.69) is 10.6 Å². The highest BCUT2D eigenvalue weighted by atomic mass is 35.5.